The second kappa shape index (κ2) is 6.32. The molecule has 1 unspecified atom stereocenters. The Labute approximate surface area is 139 Å². The van der Waals surface area contributed by atoms with Crippen LogP contribution in [-0.4, -0.2) is 66.8 Å². The second-order valence-corrected chi connectivity index (χ2v) is 8.19. The van der Waals surface area contributed by atoms with Crippen LogP contribution in [0.3, 0.4) is 0 Å². The zero-order valence-corrected chi connectivity index (χ0v) is 14.8. The van der Waals surface area contributed by atoms with Gasteiger partial charge in [-0.1, -0.05) is 0 Å². The molecule has 1 saturated carbocycles. The van der Waals surface area contributed by atoms with Gasteiger partial charge in [0.15, 0.2) is 5.67 Å². The third-order valence-corrected chi connectivity index (χ3v) is 6.32. The summed E-state index contributed by atoms with van der Waals surface area (Å²) in [4.78, 5) is 16.7. The zero-order valence-electron chi connectivity index (χ0n) is 14.8. The highest BCUT2D eigenvalue weighted by Crippen LogP contribution is 2.45. The van der Waals surface area contributed by atoms with Crippen LogP contribution in [0.4, 0.5) is 4.39 Å². The van der Waals surface area contributed by atoms with Crippen LogP contribution in [0.25, 0.3) is 0 Å². The molecule has 1 aliphatic carbocycles. The monoisotopic (exact) mass is 326 g/mol. The van der Waals surface area contributed by atoms with Gasteiger partial charge in [-0.3, -0.25) is 9.69 Å². The van der Waals surface area contributed by atoms with Crippen molar-refractivity contribution in [2.45, 2.75) is 70.1 Å². The Morgan fingerprint density at radius 2 is 1.91 bits per heavy atom. The Bertz CT molecular complexity index is 442. The molecule has 3 aliphatic rings. The van der Waals surface area contributed by atoms with Crippen molar-refractivity contribution < 1.29 is 13.9 Å². The van der Waals surface area contributed by atoms with E-state index in [2.05, 4.69) is 18.7 Å². The van der Waals surface area contributed by atoms with Crippen LogP contribution >= 0.6 is 0 Å². The molecule has 0 bridgehead atoms. The van der Waals surface area contributed by atoms with Crippen LogP contribution in [0.5, 0.6) is 0 Å². The molecule has 1 spiro atoms. The average molecular weight is 326 g/mol. The molecule has 5 heteroatoms. The standard InChI is InChI=1S/C18H31FN2O2/c1-14(2)21-13-17(11-15(21)12-23-3)7-9-20(10-8-17)16(22)18(19)5-4-6-18/h14-15H,4-13H2,1-3H3. The van der Waals surface area contributed by atoms with E-state index in [1.807, 2.05) is 0 Å². The van der Waals surface area contributed by atoms with Crippen molar-refractivity contribution in [3.8, 4) is 0 Å². The van der Waals surface area contributed by atoms with Crippen LogP contribution in [0, 0.1) is 5.41 Å². The van der Waals surface area contributed by atoms with Gasteiger partial charge in [-0.15, -0.1) is 0 Å². The third kappa shape index (κ3) is 3.14. The summed E-state index contributed by atoms with van der Waals surface area (Å²) in [6, 6.07) is 0.986. The molecule has 23 heavy (non-hydrogen) atoms. The topological polar surface area (TPSA) is 32.8 Å². The maximum atomic E-state index is 14.4. The van der Waals surface area contributed by atoms with E-state index in [1.165, 1.54) is 0 Å². The minimum absolute atomic E-state index is 0.245. The number of rotatable bonds is 4. The number of nitrogens with zero attached hydrogens (tertiary/aromatic N) is 2. The quantitative estimate of drug-likeness (QED) is 0.796. The van der Waals surface area contributed by atoms with E-state index in [-0.39, 0.29) is 11.3 Å². The molecule has 2 aliphatic heterocycles. The molecular weight excluding hydrogens is 295 g/mol. The zero-order chi connectivity index (χ0) is 16.7. The number of halogens is 1. The number of likely N-dealkylation sites (tertiary alicyclic amines) is 2. The van der Waals surface area contributed by atoms with Gasteiger partial charge in [-0.05, 0) is 57.8 Å². The summed E-state index contributed by atoms with van der Waals surface area (Å²) in [5.74, 6) is -0.245. The van der Waals surface area contributed by atoms with Gasteiger partial charge < -0.3 is 9.64 Å². The van der Waals surface area contributed by atoms with Crippen molar-refractivity contribution in [3.05, 3.63) is 0 Å². The van der Waals surface area contributed by atoms with Gasteiger partial charge in [0.25, 0.3) is 5.91 Å². The minimum Gasteiger partial charge on any atom is -0.383 e. The highest BCUT2D eigenvalue weighted by atomic mass is 19.1. The molecule has 2 saturated heterocycles. The molecule has 3 fully saturated rings. The molecule has 2 heterocycles. The summed E-state index contributed by atoms with van der Waals surface area (Å²) < 4.78 is 19.8. The predicted octanol–water partition coefficient (Wildman–Crippen LogP) is 2.62. The Morgan fingerprint density at radius 3 is 2.39 bits per heavy atom. The first-order valence-electron chi connectivity index (χ1n) is 9.12. The number of alkyl halides is 1. The number of ether oxygens (including phenoxy) is 1. The SMILES string of the molecule is COCC1CC2(CCN(C(=O)C3(F)CCC3)CC2)CN1C(C)C. The molecule has 0 N–H and O–H groups in total. The summed E-state index contributed by atoms with van der Waals surface area (Å²) in [5, 5.41) is 0. The largest absolute Gasteiger partial charge is 0.383 e. The molecule has 4 nitrogen and oxygen atoms in total. The molecular formula is C18H31FN2O2. The summed E-state index contributed by atoms with van der Waals surface area (Å²) >= 11 is 0. The number of amides is 1. The van der Waals surface area contributed by atoms with Crippen LogP contribution in [0.2, 0.25) is 0 Å². The fraction of sp³-hybridized carbons (Fsp3) is 0.944. The lowest BCUT2D eigenvalue weighted by Crippen LogP contribution is -2.54. The fourth-order valence-electron chi connectivity index (χ4n) is 4.68. The number of carbonyl (C=O) groups is 1. The maximum Gasteiger partial charge on any atom is 0.260 e. The number of methoxy groups -OCH3 is 1. The summed E-state index contributed by atoms with van der Waals surface area (Å²) in [6.45, 7) is 7.78. The van der Waals surface area contributed by atoms with E-state index < -0.39 is 5.67 Å². The fourth-order valence-corrected chi connectivity index (χ4v) is 4.68. The minimum atomic E-state index is -1.54. The first-order chi connectivity index (χ1) is 10.9. The van der Waals surface area contributed by atoms with Crippen LogP contribution in [0.1, 0.15) is 52.4 Å². The Kier molecular flexibility index (Phi) is 4.71. The van der Waals surface area contributed by atoms with Gasteiger partial charge in [0, 0.05) is 38.8 Å². The normalized spacial score (nSPS) is 30.0. The van der Waals surface area contributed by atoms with Crippen molar-refractivity contribution in [2.24, 2.45) is 5.41 Å². The predicted molar refractivity (Wildman–Crippen MR) is 88.1 cm³/mol. The first-order valence-corrected chi connectivity index (χ1v) is 9.12. The van der Waals surface area contributed by atoms with E-state index >= 15 is 0 Å². The average Bonchev–Trinajstić information content (AvgIpc) is 2.84. The van der Waals surface area contributed by atoms with Crippen molar-refractivity contribution in [3.63, 3.8) is 0 Å². The number of piperidine rings is 1. The van der Waals surface area contributed by atoms with Crippen LogP contribution < -0.4 is 0 Å². The lowest BCUT2D eigenvalue weighted by atomic mass is 9.75. The van der Waals surface area contributed by atoms with E-state index in [0.29, 0.717) is 24.9 Å². The van der Waals surface area contributed by atoms with Gasteiger partial charge >= 0.3 is 0 Å². The van der Waals surface area contributed by atoms with E-state index in [1.54, 1.807) is 12.0 Å². The molecule has 3 rings (SSSR count). The molecule has 0 aromatic rings. The summed E-state index contributed by atoms with van der Waals surface area (Å²) in [6.07, 6.45) is 4.83. The van der Waals surface area contributed by atoms with Gasteiger partial charge in [0.1, 0.15) is 0 Å². The van der Waals surface area contributed by atoms with Crippen molar-refractivity contribution in [2.75, 3.05) is 33.4 Å². The van der Waals surface area contributed by atoms with Crippen molar-refractivity contribution >= 4 is 5.91 Å². The van der Waals surface area contributed by atoms with E-state index in [0.717, 1.165) is 51.9 Å². The molecule has 132 valence electrons. The van der Waals surface area contributed by atoms with Gasteiger partial charge in [-0.2, -0.15) is 0 Å². The highest BCUT2D eigenvalue weighted by Gasteiger charge is 2.50. The second-order valence-electron chi connectivity index (χ2n) is 8.19. The number of carbonyl (C=O) groups excluding carboxylic acids is 1. The molecule has 0 aromatic heterocycles. The Balaban J connectivity index is 1.60. The summed E-state index contributed by atoms with van der Waals surface area (Å²) in [5.41, 5.74) is -1.25. The smallest absolute Gasteiger partial charge is 0.260 e. The Morgan fingerprint density at radius 1 is 1.26 bits per heavy atom. The number of hydrogen-bond acceptors (Lipinski definition) is 3. The molecule has 1 atom stereocenters. The Hall–Kier alpha value is -0.680. The first kappa shape index (κ1) is 17.2. The lowest BCUT2D eigenvalue weighted by Gasteiger charge is -2.43. The molecule has 1 amide bonds. The summed E-state index contributed by atoms with van der Waals surface area (Å²) in [7, 11) is 1.77. The van der Waals surface area contributed by atoms with Gasteiger partial charge in [0.05, 0.1) is 6.61 Å². The van der Waals surface area contributed by atoms with Gasteiger partial charge in [-0.25, -0.2) is 4.39 Å². The molecule has 0 radical (unpaired) electrons. The van der Waals surface area contributed by atoms with Crippen molar-refractivity contribution in [1.29, 1.82) is 0 Å². The molecule has 0 aromatic carbocycles. The maximum absolute atomic E-state index is 14.4. The van der Waals surface area contributed by atoms with Crippen molar-refractivity contribution in [1.82, 2.24) is 9.80 Å². The van der Waals surface area contributed by atoms with E-state index in [4.69, 9.17) is 4.74 Å². The van der Waals surface area contributed by atoms with E-state index in [9.17, 15) is 9.18 Å². The number of hydrogen-bond donors (Lipinski definition) is 0. The van der Waals surface area contributed by atoms with Gasteiger partial charge in [0.2, 0.25) is 0 Å². The highest BCUT2D eigenvalue weighted by molar-refractivity contribution is 5.86. The lowest BCUT2D eigenvalue weighted by molar-refractivity contribution is -0.152. The van der Waals surface area contributed by atoms with Crippen LogP contribution in [0.15, 0.2) is 0 Å². The van der Waals surface area contributed by atoms with Crippen LogP contribution in [-0.2, 0) is 9.53 Å². The third-order valence-electron chi connectivity index (χ3n) is 6.32.